The first-order valence-electron chi connectivity index (χ1n) is 6.69. The zero-order valence-electron chi connectivity index (χ0n) is 10.9. The van der Waals surface area contributed by atoms with Gasteiger partial charge >= 0.3 is 0 Å². The van der Waals surface area contributed by atoms with Crippen LogP contribution in [-0.4, -0.2) is 26.0 Å². The second-order valence-electron chi connectivity index (χ2n) is 5.33. The fraction of sp³-hybridized carbons (Fsp3) is 0.692. The molecule has 18 heavy (non-hydrogen) atoms. The van der Waals surface area contributed by atoms with E-state index in [0.29, 0.717) is 12.1 Å². The Bertz CT molecular complexity index is 446. The van der Waals surface area contributed by atoms with Crippen molar-refractivity contribution < 1.29 is 0 Å². The first kappa shape index (κ1) is 12.1. The van der Waals surface area contributed by atoms with Crippen LogP contribution in [0.5, 0.6) is 0 Å². The van der Waals surface area contributed by atoms with Crippen LogP contribution >= 0.6 is 11.8 Å². The minimum Gasteiger partial charge on any atom is -0.359 e. The lowest BCUT2D eigenvalue weighted by Gasteiger charge is -2.32. The number of aryl methyl sites for hydroxylation is 1. The monoisotopic (exact) mass is 264 g/mol. The van der Waals surface area contributed by atoms with Gasteiger partial charge in [-0.1, -0.05) is 31.0 Å². The van der Waals surface area contributed by atoms with Crippen molar-refractivity contribution in [2.45, 2.75) is 44.2 Å². The molecule has 4 nitrogen and oxygen atoms in total. The summed E-state index contributed by atoms with van der Waals surface area (Å²) < 4.78 is 2.03. The summed E-state index contributed by atoms with van der Waals surface area (Å²) in [6, 6.07) is 0. The number of imidazole rings is 1. The van der Waals surface area contributed by atoms with Crippen LogP contribution in [0.15, 0.2) is 17.4 Å². The van der Waals surface area contributed by atoms with Crippen molar-refractivity contribution in [1.82, 2.24) is 14.9 Å². The van der Waals surface area contributed by atoms with E-state index in [-0.39, 0.29) is 0 Å². The van der Waals surface area contributed by atoms with Crippen molar-refractivity contribution in [3.05, 3.63) is 18.2 Å². The van der Waals surface area contributed by atoms with Crippen LogP contribution in [0.2, 0.25) is 0 Å². The summed E-state index contributed by atoms with van der Waals surface area (Å²) in [5, 5.41) is 4.78. The Morgan fingerprint density at radius 1 is 1.44 bits per heavy atom. The first-order chi connectivity index (χ1) is 8.77. The highest BCUT2D eigenvalue weighted by atomic mass is 32.2. The van der Waals surface area contributed by atoms with Gasteiger partial charge in [-0.3, -0.25) is 4.99 Å². The van der Waals surface area contributed by atoms with Gasteiger partial charge in [-0.05, 0) is 12.8 Å². The molecule has 0 amide bonds. The molecule has 1 saturated carbocycles. The molecule has 0 radical (unpaired) electrons. The maximum Gasteiger partial charge on any atom is 0.157 e. The maximum atomic E-state index is 4.66. The molecule has 0 unspecified atom stereocenters. The van der Waals surface area contributed by atoms with Gasteiger partial charge in [-0.2, -0.15) is 0 Å². The number of hydrogen-bond acceptors (Lipinski definition) is 3. The van der Waals surface area contributed by atoms with Crippen LogP contribution in [0, 0.1) is 0 Å². The highest BCUT2D eigenvalue weighted by Gasteiger charge is 2.37. The largest absolute Gasteiger partial charge is 0.359 e. The quantitative estimate of drug-likeness (QED) is 0.891. The van der Waals surface area contributed by atoms with Crippen LogP contribution in [-0.2, 0) is 13.6 Å². The summed E-state index contributed by atoms with van der Waals surface area (Å²) in [5.41, 5.74) is 0.351. The Morgan fingerprint density at radius 2 is 2.28 bits per heavy atom. The first-order valence-corrected chi connectivity index (χ1v) is 7.68. The van der Waals surface area contributed by atoms with E-state index in [2.05, 4.69) is 15.3 Å². The van der Waals surface area contributed by atoms with Crippen molar-refractivity contribution in [3.8, 4) is 0 Å². The average molecular weight is 264 g/mol. The van der Waals surface area contributed by atoms with Gasteiger partial charge in [-0.15, -0.1) is 0 Å². The topological polar surface area (TPSA) is 42.2 Å². The minimum absolute atomic E-state index is 0.351. The predicted octanol–water partition coefficient (Wildman–Crippen LogP) is 2.32. The summed E-state index contributed by atoms with van der Waals surface area (Å²) in [6.45, 7) is 0.676. The molecule has 2 heterocycles. The highest BCUT2D eigenvalue weighted by molar-refractivity contribution is 8.14. The van der Waals surface area contributed by atoms with Gasteiger partial charge in [-0.25, -0.2) is 4.98 Å². The van der Waals surface area contributed by atoms with Gasteiger partial charge in [0.25, 0.3) is 0 Å². The lowest BCUT2D eigenvalue weighted by atomic mass is 9.83. The van der Waals surface area contributed by atoms with E-state index in [9.17, 15) is 0 Å². The van der Waals surface area contributed by atoms with Gasteiger partial charge in [0.1, 0.15) is 5.82 Å². The Morgan fingerprint density at radius 3 is 3.00 bits per heavy atom. The second kappa shape index (κ2) is 4.96. The number of nitrogens with one attached hydrogen (secondary N) is 1. The van der Waals surface area contributed by atoms with E-state index < -0.39 is 0 Å². The van der Waals surface area contributed by atoms with Crippen molar-refractivity contribution in [3.63, 3.8) is 0 Å². The number of thioether (sulfide) groups is 1. The normalized spacial score (nSPS) is 24.6. The van der Waals surface area contributed by atoms with Crippen molar-refractivity contribution in [2.24, 2.45) is 12.0 Å². The van der Waals surface area contributed by atoms with Crippen LogP contribution in [0.4, 0.5) is 0 Å². The van der Waals surface area contributed by atoms with Crippen molar-refractivity contribution in [1.29, 1.82) is 0 Å². The van der Waals surface area contributed by atoms with Crippen LogP contribution < -0.4 is 5.32 Å². The lowest BCUT2D eigenvalue weighted by molar-refractivity contribution is 0.303. The molecule has 5 heteroatoms. The van der Waals surface area contributed by atoms with Gasteiger partial charge in [0, 0.05) is 30.7 Å². The van der Waals surface area contributed by atoms with Gasteiger partial charge in [0.05, 0.1) is 6.54 Å². The fourth-order valence-corrected chi connectivity index (χ4v) is 4.00. The minimum atomic E-state index is 0.351. The van der Waals surface area contributed by atoms with E-state index in [1.54, 1.807) is 0 Å². The molecule has 0 aromatic carbocycles. The fourth-order valence-electron chi connectivity index (χ4n) is 2.78. The van der Waals surface area contributed by atoms with Crippen molar-refractivity contribution >= 4 is 16.9 Å². The molecule has 2 fully saturated rings. The molecule has 3 rings (SSSR count). The number of aromatic nitrogens is 2. The molecular formula is C13H20N4S. The van der Waals surface area contributed by atoms with Gasteiger partial charge < -0.3 is 9.88 Å². The van der Waals surface area contributed by atoms with Gasteiger partial charge in [0.2, 0.25) is 0 Å². The Kier molecular flexibility index (Phi) is 3.33. The molecule has 1 aromatic rings. The molecule has 1 aliphatic heterocycles. The molecule has 1 aromatic heterocycles. The lowest BCUT2D eigenvalue weighted by Crippen LogP contribution is -2.45. The number of rotatable bonds is 2. The van der Waals surface area contributed by atoms with Crippen molar-refractivity contribution in [2.75, 3.05) is 5.75 Å². The highest BCUT2D eigenvalue weighted by Crippen LogP contribution is 2.36. The number of amidine groups is 1. The van der Waals surface area contributed by atoms with Crippen LogP contribution in [0.3, 0.4) is 0 Å². The van der Waals surface area contributed by atoms with Crippen LogP contribution in [0.1, 0.15) is 37.9 Å². The molecular weight excluding hydrogens is 244 g/mol. The van der Waals surface area contributed by atoms with Crippen LogP contribution in [0.25, 0.3) is 0 Å². The summed E-state index contributed by atoms with van der Waals surface area (Å²) in [7, 11) is 2.01. The Labute approximate surface area is 112 Å². The molecule has 1 saturated heterocycles. The second-order valence-corrected chi connectivity index (χ2v) is 6.29. The number of aliphatic imine (C=N–C) groups is 1. The summed E-state index contributed by atoms with van der Waals surface area (Å²) in [4.78, 5) is 8.96. The maximum absolute atomic E-state index is 4.66. The third-order valence-corrected chi connectivity index (χ3v) is 5.15. The van der Waals surface area contributed by atoms with E-state index in [4.69, 9.17) is 0 Å². The average Bonchev–Trinajstić information content (AvgIpc) is 2.96. The molecule has 2 aliphatic rings. The van der Waals surface area contributed by atoms with Gasteiger partial charge in [0.15, 0.2) is 5.17 Å². The molecule has 1 spiro atoms. The smallest absolute Gasteiger partial charge is 0.157 e. The summed E-state index contributed by atoms with van der Waals surface area (Å²) in [5.74, 6) is 2.21. The zero-order chi connectivity index (χ0) is 12.4. The molecule has 98 valence electrons. The predicted molar refractivity (Wildman–Crippen MR) is 75.8 cm³/mol. The molecule has 0 atom stereocenters. The number of nitrogens with zero attached hydrogens (tertiary/aromatic N) is 3. The standard InChI is InChI=1S/C13H20N4S/c1-17-8-7-14-11(17)9-15-12-16-13(10-18-12)5-3-2-4-6-13/h7-8H,2-6,9-10H2,1H3,(H,15,16). The van der Waals surface area contributed by atoms with E-state index in [1.165, 1.54) is 37.9 Å². The SMILES string of the molecule is Cn1ccnc1CN=C1NC2(CCCCC2)CS1. The van der Waals surface area contributed by atoms with E-state index in [0.717, 1.165) is 11.0 Å². The molecule has 1 aliphatic carbocycles. The Hall–Kier alpha value is -0.970. The zero-order valence-corrected chi connectivity index (χ0v) is 11.7. The third kappa shape index (κ3) is 2.41. The van der Waals surface area contributed by atoms with E-state index in [1.807, 2.05) is 35.8 Å². The molecule has 1 N–H and O–H groups in total. The Balaban J connectivity index is 1.63. The third-order valence-electron chi connectivity index (χ3n) is 3.95. The summed E-state index contributed by atoms with van der Waals surface area (Å²) in [6.07, 6.45) is 10.5. The molecule has 0 bridgehead atoms. The number of hydrogen-bond donors (Lipinski definition) is 1. The summed E-state index contributed by atoms with van der Waals surface area (Å²) >= 11 is 1.88. The van der Waals surface area contributed by atoms with E-state index >= 15 is 0 Å².